The van der Waals surface area contributed by atoms with E-state index < -0.39 is 0 Å². The SMILES string of the molecule is Cc1nccc2cc(C3(N=C=O)CCC3)ccc12. The van der Waals surface area contributed by atoms with Crippen molar-refractivity contribution in [1.29, 1.82) is 0 Å². The van der Waals surface area contributed by atoms with Gasteiger partial charge in [-0.1, -0.05) is 12.1 Å². The highest BCUT2D eigenvalue weighted by atomic mass is 16.1. The summed E-state index contributed by atoms with van der Waals surface area (Å²) in [6.07, 6.45) is 6.56. The molecular weight excluding hydrogens is 224 g/mol. The van der Waals surface area contributed by atoms with Gasteiger partial charge in [-0.3, -0.25) is 4.98 Å². The second-order valence-electron chi connectivity index (χ2n) is 4.92. The number of rotatable bonds is 2. The Balaban J connectivity index is 2.16. The van der Waals surface area contributed by atoms with Crippen molar-refractivity contribution in [2.75, 3.05) is 0 Å². The Kier molecular flexibility index (Phi) is 2.49. The van der Waals surface area contributed by atoms with Gasteiger partial charge in [0, 0.05) is 17.3 Å². The first-order valence-corrected chi connectivity index (χ1v) is 6.20. The Morgan fingerprint density at radius 3 is 2.83 bits per heavy atom. The molecule has 0 atom stereocenters. The number of fused-ring (bicyclic) bond motifs is 1. The number of carbonyl (C=O) groups excluding carboxylic acids is 1. The fourth-order valence-electron chi connectivity index (χ4n) is 2.68. The smallest absolute Gasteiger partial charge is 0.235 e. The van der Waals surface area contributed by atoms with Crippen LogP contribution in [0, 0.1) is 6.92 Å². The summed E-state index contributed by atoms with van der Waals surface area (Å²) in [5.41, 5.74) is 1.84. The van der Waals surface area contributed by atoms with E-state index in [1.54, 1.807) is 6.08 Å². The Labute approximate surface area is 106 Å². The van der Waals surface area contributed by atoms with Crippen molar-refractivity contribution in [1.82, 2.24) is 4.98 Å². The fourth-order valence-corrected chi connectivity index (χ4v) is 2.68. The summed E-state index contributed by atoms with van der Waals surface area (Å²) in [4.78, 5) is 18.9. The monoisotopic (exact) mass is 238 g/mol. The maximum absolute atomic E-state index is 10.6. The minimum atomic E-state index is -0.312. The Morgan fingerprint density at radius 2 is 2.17 bits per heavy atom. The first kappa shape index (κ1) is 11.1. The molecule has 0 amide bonds. The normalized spacial score (nSPS) is 16.9. The topological polar surface area (TPSA) is 42.3 Å². The van der Waals surface area contributed by atoms with Crippen molar-refractivity contribution in [2.45, 2.75) is 31.7 Å². The van der Waals surface area contributed by atoms with E-state index in [1.165, 1.54) is 0 Å². The summed E-state index contributed by atoms with van der Waals surface area (Å²) in [6.45, 7) is 2.00. The predicted molar refractivity (Wildman–Crippen MR) is 70.1 cm³/mol. The second-order valence-corrected chi connectivity index (χ2v) is 4.92. The molecule has 1 aliphatic carbocycles. The van der Waals surface area contributed by atoms with Crippen molar-refractivity contribution in [2.24, 2.45) is 4.99 Å². The van der Waals surface area contributed by atoms with Crippen LogP contribution < -0.4 is 0 Å². The van der Waals surface area contributed by atoms with E-state index in [4.69, 9.17) is 0 Å². The number of hydrogen-bond donors (Lipinski definition) is 0. The van der Waals surface area contributed by atoms with Gasteiger partial charge in [0.2, 0.25) is 6.08 Å². The van der Waals surface area contributed by atoms with Gasteiger partial charge in [0.05, 0.1) is 5.54 Å². The third-order valence-corrected chi connectivity index (χ3v) is 3.94. The number of pyridine rings is 1. The summed E-state index contributed by atoms with van der Waals surface area (Å²) in [5.74, 6) is 0. The molecular formula is C15H14N2O. The molecule has 0 saturated heterocycles. The minimum Gasteiger partial charge on any atom is -0.261 e. The van der Waals surface area contributed by atoms with Crippen LogP contribution in [0.25, 0.3) is 10.8 Å². The lowest BCUT2D eigenvalue weighted by Gasteiger charge is -2.37. The van der Waals surface area contributed by atoms with Crippen LogP contribution in [0.15, 0.2) is 35.5 Å². The number of aryl methyl sites for hydroxylation is 1. The third kappa shape index (κ3) is 1.56. The van der Waals surface area contributed by atoms with Gasteiger partial charge in [-0.15, -0.1) is 0 Å². The number of benzene rings is 1. The van der Waals surface area contributed by atoms with Crippen LogP contribution in [-0.2, 0) is 10.3 Å². The first-order chi connectivity index (χ1) is 8.75. The van der Waals surface area contributed by atoms with E-state index in [-0.39, 0.29) is 5.54 Å². The Bertz CT molecular complexity index is 653. The minimum absolute atomic E-state index is 0.312. The maximum atomic E-state index is 10.6. The summed E-state index contributed by atoms with van der Waals surface area (Å²) < 4.78 is 0. The quantitative estimate of drug-likeness (QED) is 0.595. The van der Waals surface area contributed by atoms with E-state index in [9.17, 15) is 4.79 Å². The lowest BCUT2D eigenvalue weighted by Crippen LogP contribution is -2.31. The lowest BCUT2D eigenvalue weighted by atomic mass is 9.72. The van der Waals surface area contributed by atoms with Gasteiger partial charge in [0.15, 0.2) is 0 Å². The molecule has 1 heterocycles. The molecule has 18 heavy (non-hydrogen) atoms. The lowest BCUT2D eigenvalue weighted by molar-refractivity contribution is 0.256. The van der Waals surface area contributed by atoms with Crippen molar-refractivity contribution in [3.8, 4) is 0 Å². The number of isocyanates is 1. The van der Waals surface area contributed by atoms with Crippen LogP contribution in [-0.4, -0.2) is 11.1 Å². The van der Waals surface area contributed by atoms with E-state index in [1.807, 2.05) is 19.2 Å². The molecule has 1 saturated carbocycles. The van der Waals surface area contributed by atoms with Crippen molar-refractivity contribution < 1.29 is 4.79 Å². The molecule has 1 aromatic heterocycles. The summed E-state index contributed by atoms with van der Waals surface area (Å²) in [7, 11) is 0. The van der Waals surface area contributed by atoms with Crippen LogP contribution in [0.5, 0.6) is 0 Å². The summed E-state index contributed by atoms with van der Waals surface area (Å²) >= 11 is 0. The number of nitrogens with zero attached hydrogens (tertiary/aromatic N) is 2. The molecule has 0 radical (unpaired) electrons. The number of aliphatic imine (C=N–C) groups is 1. The molecule has 0 bridgehead atoms. The molecule has 90 valence electrons. The molecule has 3 nitrogen and oxygen atoms in total. The molecule has 3 heteroatoms. The fraction of sp³-hybridized carbons (Fsp3) is 0.333. The summed E-state index contributed by atoms with van der Waals surface area (Å²) in [5, 5.41) is 2.32. The zero-order chi connectivity index (χ0) is 12.6. The highest BCUT2D eigenvalue weighted by molar-refractivity contribution is 5.85. The first-order valence-electron chi connectivity index (χ1n) is 6.20. The zero-order valence-corrected chi connectivity index (χ0v) is 10.3. The average Bonchev–Trinajstić information content (AvgIpc) is 2.34. The predicted octanol–water partition coefficient (Wildman–Crippen LogP) is 3.26. The van der Waals surface area contributed by atoms with Crippen LogP contribution in [0.1, 0.15) is 30.5 Å². The van der Waals surface area contributed by atoms with Gasteiger partial charge in [-0.05, 0) is 49.3 Å². The van der Waals surface area contributed by atoms with Gasteiger partial charge in [-0.2, -0.15) is 4.99 Å². The van der Waals surface area contributed by atoms with Crippen LogP contribution in [0.3, 0.4) is 0 Å². The Hall–Kier alpha value is -1.99. The standard InChI is InChI=1S/C15H14N2O/c1-11-14-4-3-13(9-12(14)5-8-16-11)15(17-10-18)6-2-7-15/h3-5,8-9H,2,6-7H2,1H3. The zero-order valence-electron chi connectivity index (χ0n) is 10.3. The highest BCUT2D eigenvalue weighted by Crippen LogP contribution is 2.45. The number of hydrogen-bond acceptors (Lipinski definition) is 3. The highest BCUT2D eigenvalue weighted by Gasteiger charge is 2.38. The third-order valence-electron chi connectivity index (χ3n) is 3.94. The molecule has 0 aliphatic heterocycles. The van der Waals surface area contributed by atoms with E-state index in [0.717, 1.165) is 41.3 Å². The molecule has 0 spiro atoms. The molecule has 1 aromatic carbocycles. The van der Waals surface area contributed by atoms with E-state index in [2.05, 4.69) is 28.2 Å². The molecule has 0 N–H and O–H groups in total. The molecule has 0 unspecified atom stereocenters. The van der Waals surface area contributed by atoms with E-state index in [0.29, 0.717) is 0 Å². The van der Waals surface area contributed by atoms with Crippen molar-refractivity contribution >= 4 is 16.9 Å². The second kappa shape index (κ2) is 4.04. The molecule has 3 rings (SSSR count). The Morgan fingerprint density at radius 1 is 1.33 bits per heavy atom. The maximum Gasteiger partial charge on any atom is 0.235 e. The van der Waals surface area contributed by atoms with Gasteiger partial charge in [-0.25, -0.2) is 4.79 Å². The average molecular weight is 238 g/mol. The van der Waals surface area contributed by atoms with Gasteiger partial charge in [0.1, 0.15) is 0 Å². The van der Waals surface area contributed by atoms with Crippen molar-refractivity contribution in [3.63, 3.8) is 0 Å². The van der Waals surface area contributed by atoms with Crippen LogP contribution in [0.4, 0.5) is 0 Å². The van der Waals surface area contributed by atoms with Gasteiger partial charge in [0.25, 0.3) is 0 Å². The van der Waals surface area contributed by atoms with Crippen LogP contribution in [0.2, 0.25) is 0 Å². The molecule has 1 fully saturated rings. The largest absolute Gasteiger partial charge is 0.261 e. The summed E-state index contributed by atoms with van der Waals surface area (Å²) in [6, 6.07) is 8.28. The molecule has 2 aromatic rings. The van der Waals surface area contributed by atoms with Crippen molar-refractivity contribution in [3.05, 3.63) is 41.7 Å². The van der Waals surface area contributed by atoms with Gasteiger partial charge >= 0.3 is 0 Å². The number of aromatic nitrogens is 1. The molecule has 1 aliphatic rings. The van der Waals surface area contributed by atoms with Gasteiger partial charge < -0.3 is 0 Å². The van der Waals surface area contributed by atoms with E-state index >= 15 is 0 Å². The van der Waals surface area contributed by atoms with Crippen LogP contribution >= 0.6 is 0 Å².